The SMILES string of the molecule is Cc1cc(N2CCN(Cc3cn4ccccc4n3)CC2)nc(N2CCCC2)n1. The molecule has 0 aliphatic carbocycles. The van der Waals surface area contributed by atoms with Crippen molar-refractivity contribution < 1.29 is 0 Å². The lowest BCUT2D eigenvalue weighted by atomic mass is 10.3. The first-order chi connectivity index (χ1) is 13.7. The number of rotatable bonds is 4. The van der Waals surface area contributed by atoms with Crippen molar-refractivity contribution in [2.45, 2.75) is 26.3 Å². The number of nitrogens with zero attached hydrogens (tertiary/aromatic N) is 7. The van der Waals surface area contributed by atoms with Gasteiger partial charge in [0.25, 0.3) is 0 Å². The molecule has 146 valence electrons. The molecule has 2 aliphatic heterocycles. The van der Waals surface area contributed by atoms with E-state index in [9.17, 15) is 0 Å². The van der Waals surface area contributed by atoms with E-state index >= 15 is 0 Å². The van der Waals surface area contributed by atoms with Gasteiger partial charge in [-0.2, -0.15) is 4.98 Å². The molecule has 0 saturated carbocycles. The van der Waals surface area contributed by atoms with Crippen molar-refractivity contribution in [2.24, 2.45) is 0 Å². The van der Waals surface area contributed by atoms with Crippen LogP contribution in [0.4, 0.5) is 11.8 Å². The number of pyridine rings is 1. The standard InChI is InChI=1S/C21H27N7/c1-17-14-20(24-21(22-17)27-7-4-5-8-27)26-12-10-25(11-13-26)15-18-16-28-9-3-2-6-19(28)23-18/h2-3,6,9,14,16H,4-5,7-8,10-13,15H2,1H3. The van der Waals surface area contributed by atoms with Gasteiger partial charge in [-0.25, -0.2) is 9.97 Å². The van der Waals surface area contributed by atoms with Gasteiger partial charge < -0.3 is 14.2 Å². The normalized spacial score (nSPS) is 18.3. The van der Waals surface area contributed by atoms with Crippen LogP contribution in [0.15, 0.2) is 36.7 Å². The van der Waals surface area contributed by atoms with Crippen LogP contribution in [0.25, 0.3) is 5.65 Å². The van der Waals surface area contributed by atoms with Gasteiger partial charge in [0.1, 0.15) is 11.5 Å². The summed E-state index contributed by atoms with van der Waals surface area (Å²) in [5, 5.41) is 0. The fourth-order valence-electron chi connectivity index (χ4n) is 4.18. The molecule has 0 aromatic carbocycles. The molecule has 0 atom stereocenters. The molecule has 0 spiro atoms. The van der Waals surface area contributed by atoms with Crippen molar-refractivity contribution in [1.82, 2.24) is 24.3 Å². The van der Waals surface area contributed by atoms with E-state index in [4.69, 9.17) is 9.97 Å². The Morgan fingerprint density at radius 2 is 1.71 bits per heavy atom. The molecule has 7 heteroatoms. The molecule has 7 nitrogen and oxygen atoms in total. The zero-order chi connectivity index (χ0) is 18.9. The minimum atomic E-state index is 0.900. The maximum atomic E-state index is 4.88. The number of fused-ring (bicyclic) bond motifs is 1. The van der Waals surface area contributed by atoms with E-state index in [0.717, 1.165) is 74.6 Å². The van der Waals surface area contributed by atoms with E-state index in [1.807, 2.05) is 12.1 Å². The second-order valence-electron chi connectivity index (χ2n) is 7.82. The number of piperazine rings is 1. The number of hydrogen-bond acceptors (Lipinski definition) is 6. The van der Waals surface area contributed by atoms with Gasteiger partial charge in [-0.1, -0.05) is 6.07 Å². The third kappa shape index (κ3) is 3.54. The molecule has 0 amide bonds. The van der Waals surface area contributed by atoms with Gasteiger partial charge >= 0.3 is 0 Å². The van der Waals surface area contributed by atoms with E-state index in [0.29, 0.717) is 0 Å². The molecular formula is C21H27N7. The molecule has 0 radical (unpaired) electrons. The van der Waals surface area contributed by atoms with Gasteiger partial charge in [-0.05, 0) is 31.9 Å². The predicted molar refractivity (Wildman–Crippen MR) is 111 cm³/mol. The molecule has 2 saturated heterocycles. The number of anilines is 2. The number of aromatic nitrogens is 4. The van der Waals surface area contributed by atoms with E-state index in [1.54, 1.807) is 0 Å². The minimum absolute atomic E-state index is 0.900. The van der Waals surface area contributed by atoms with Crippen molar-refractivity contribution in [1.29, 1.82) is 0 Å². The molecule has 0 bridgehead atoms. The van der Waals surface area contributed by atoms with Gasteiger partial charge in [0.05, 0.1) is 5.69 Å². The highest BCUT2D eigenvalue weighted by molar-refractivity contribution is 5.47. The number of hydrogen-bond donors (Lipinski definition) is 0. The summed E-state index contributed by atoms with van der Waals surface area (Å²) in [7, 11) is 0. The molecule has 0 unspecified atom stereocenters. The van der Waals surface area contributed by atoms with E-state index in [-0.39, 0.29) is 0 Å². The van der Waals surface area contributed by atoms with Crippen LogP contribution in [0.3, 0.4) is 0 Å². The Balaban J connectivity index is 1.24. The van der Waals surface area contributed by atoms with E-state index in [1.165, 1.54) is 12.8 Å². The summed E-state index contributed by atoms with van der Waals surface area (Å²) < 4.78 is 2.09. The van der Waals surface area contributed by atoms with Crippen LogP contribution in [0, 0.1) is 6.92 Å². The lowest BCUT2D eigenvalue weighted by Gasteiger charge is -2.35. The summed E-state index contributed by atoms with van der Waals surface area (Å²) in [6, 6.07) is 8.25. The Labute approximate surface area is 165 Å². The molecule has 5 heterocycles. The molecule has 28 heavy (non-hydrogen) atoms. The Morgan fingerprint density at radius 1 is 0.893 bits per heavy atom. The zero-order valence-electron chi connectivity index (χ0n) is 16.5. The van der Waals surface area contributed by atoms with Crippen molar-refractivity contribution >= 4 is 17.4 Å². The fourth-order valence-corrected chi connectivity index (χ4v) is 4.18. The molecule has 2 aliphatic rings. The molecular weight excluding hydrogens is 350 g/mol. The quantitative estimate of drug-likeness (QED) is 0.696. The highest BCUT2D eigenvalue weighted by atomic mass is 15.3. The fraction of sp³-hybridized carbons (Fsp3) is 0.476. The number of imidazole rings is 1. The average molecular weight is 377 g/mol. The molecule has 3 aromatic heterocycles. The maximum Gasteiger partial charge on any atom is 0.227 e. The van der Waals surface area contributed by atoms with Crippen molar-refractivity contribution in [3.8, 4) is 0 Å². The lowest BCUT2D eigenvalue weighted by Crippen LogP contribution is -2.46. The largest absolute Gasteiger partial charge is 0.354 e. The third-order valence-corrected chi connectivity index (χ3v) is 5.71. The van der Waals surface area contributed by atoms with Crippen molar-refractivity contribution in [3.63, 3.8) is 0 Å². The topological polar surface area (TPSA) is 52.8 Å². The maximum absolute atomic E-state index is 4.88. The smallest absolute Gasteiger partial charge is 0.227 e. The van der Waals surface area contributed by atoms with Gasteiger partial charge in [-0.3, -0.25) is 4.90 Å². The van der Waals surface area contributed by atoms with Crippen LogP contribution in [0.5, 0.6) is 0 Å². The average Bonchev–Trinajstić information content (AvgIpc) is 3.37. The Morgan fingerprint density at radius 3 is 2.50 bits per heavy atom. The summed E-state index contributed by atoms with van der Waals surface area (Å²) in [4.78, 5) is 21.5. The van der Waals surface area contributed by atoms with E-state index in [2.05, 4.69) is 55.5 Å². The summed E-state index contributed by atoms with van der Waals surface area (Å²) in [6.07, 6.45) is 6.68. The van der Waals surface area contributed by atoms with Crippen LogP contribution in [0.2, 0.25) is 0 Å². The Kier molecular flexibility index (Phi) is 4.60. The number of aryl methyl sites for hydroxylation is 1. The highest BCUT2D eigenvalue weighted by Crippen LogP contribution is 2.22. The first kappa shape index (κ1) is 17.4. The summed E-state index contributed by atoms with van der Waals surface area (Å²) in [5.41, 5.74) is 3.20. The van der Waals surface area contributed by atoms with Crippen molar-refractivity contribution in [2.75, 3.05) is 49.1 Å². The van der Waals surface area contributed by atoms with E-state index < -0.39 is 0 Å². The first-order valence-corrected chi connectivity index (χ1v) is 10.3. The van der Waals surface area contributed by atoms with Crippen LogP contribution in [0.1, 0.15) is 24.2 Å². The van der Waals surface area contributed by atoms with Crippen LogP contribution in [-0.4, -0.2) is 63.5 Å². The van der Waals surface area contributed by atoms with Crippen LogP contribution >= 0.6 is 0 Å². The summed E-state index contributed by atoms with van der Waals surface area (Å²) in [5.74, 6) is 1.97. The molecule has 2 fully saturated rings. The van der Waals surface area contributed by atoms with Crippen LogP contribution in [-0.2, 0) is 6.54 Å². The van der Waals surface area contributed by atoms with Gasteiger partial charge in [0, 0.05) is 70.0 Å². The molecule has 0 N–H and O–H groups in total. The second kappa shape index (κ2) is 7.39. The summed E-state index contributed by atoms with van der Waals surface area (Å²) in [6.45, 7) is 9.16. The minimum Gasteiger partial charge on any atom is -0.354 e. The first-order valence-electron chi connectivity index (χ1n) is 10.3. The van der Waals surface area contributed by atoms with Gasteiger partial charge in [0.15, 0.2) is 0 Å². The molecule has 3 aromatic rings. The molecule has 5 rings (SSSR count). The highest BCUT2D eigenvalue weighted by Gasteiger charge is 2.22. The Hall–Kier alpha value is -2.67. The lowest BCUT2D eigenvalue weighted by molar-refractivity contribution is 0.247. The van der Waals surface area contributed by atoms with Crippen molar-refractivity contribution in [3.05, 3.63) is 48.0 Å². The van der Waals surface area contributed by atoms with Gasteiger partial charge in [0.2, 0.25) is 5.95 Å². The third-order valence-electron chi connectivity index (χ3n) is 5.71. The zero-order valence-corrected chi connectivity index (χ0v) is 16.5. The monoisotopic (exact) mass is 377 g/mol. The van der Waals surface area contributed by atoms with Crippen LogP contribution < -0.4 is 9.80 Å². The van der Waals surface area contributed by atoms with Gasteiger partial charge in [-0.15, -0.1) is 0 Å². The Bertz CT molecular complexity index is 919. The second-order valence-corrected chi connectivity index (χ2v) is 7.82. The summed E-state index contributed by atoms with van der Waals surface area (Å²) >= 11 is 0. The predicted octanol–water partition coefficient (Wildman–Crippen LogP) is 2.36.